The second-order valence-electron chi connectivity index (χ2n) is 5.58. The van der Waals surface area contributed by atoms with Crippen LogP contribution in [0.3, 0.4) is 0 Å². The zero-order chi connectivity index (χ0) is 14.5. The van der Waals surface area contributed by atoms with Crippen molar-refractivity contribution in [1.82, 2.24) is 4.90 Å². The Balaban J connectivity index is 2.66. The fraction of sp³-hybridized carbons (Fsp3) is 0.533. The number of likely N-dealkylation sites (N-methyl/N-ethyl adjacent to an activating group) is 1. The number of nitrogens with two attached hydrogens (primary N) is 1. The standard InChI is InChI=1S/C15H23ClN2O/c1-4-18(11-15(2,3)10-17)14(19)9-12-5-7-13(16)8-6-12/h5-8H,4,9-11,17H2,1-3H3. The van der Waals surface area contributed by atoms with E-state index in [9.17, 15) is 4.79 Å². The fourth-order valence-corrected chi connectivity index (χ4v) is 1.97. The highest BCUT2D eigenvalue weighted by molar-refractivity contribution is 6.30. The molecule has 0 aliphatic rings. The number of carbonyl (C=O) groups excluding carboxylic acids is 1. The quantitative estimate of drug-likeness (QED) is 0.872. The third-order valence-electron chi connectivity index (χ3n) is 3.17. The predicted molar refractivity (Wildman–Crippen MR) is 80.2 cm³/mol. The van der Waals surface area contributed by atoms with Gasteiger partial charge in [-0.25, -0.2) is 0 Å². The summed E-state index contributed by atoms with van der Waals surface area (Å²) in [6.45, 7) is 8.10. The first-order chi connectivity index (χ1) is 8.88. The molecular weight excluding hydrogens is 260 g/mol. The summed E-state index contributed by atoms with van der Waals surface area (Å²) < 4.78 is 0. The number of benzene rings is 1. The Morgan fingerprint density at radius 2 is 1.89 bits per heavy atom. The minimum atomic E-state index is -0.0499. The average molecular weight is 283 g/mol. The Kier molecular flexibility index (Phi) is 5.83. The Bertz CT molecular complexity index is 415. The van der Waals surface area contributed by atoms with Gasteiger partial charge in [0, 0.05) is 18.1 Å². The van der Waals surface area contributed by atoms with Crippen molar-refractivity contribution in [3.63, 3.8) is 0 Å². The van der Waals surface area contributed by atoms with Gasteiger partial charge in [-0.3, -0.25) is 4.79 Å². The van der Waals surface area contributed by atoms with Gasteiger partial charge in [0.1, 0.15) is 0 Å². The smallest absolute Gasteiger partial charge is 0.226 e. The highest BCUT2D eigenvalue weighted by Gasteiger charge is 2.22. The van der Waals surface area contributed by atoms with Crippen molar-refractivity contribution in [3.8, 4) is 0 Å². The molecule has 0 aromatic heterocycles. The average Bonchev–Trinajstić information content (AvgIpc) is 2.38. The topological polar surface area (TPSA) is 46.3 Å². The van der Waals surface area contributed by atoms with Crippen molar-refractivity contribution in [1.29, 1.82) is 0 Å². The summed E-state index contributed by atoms with van der Waals surface area (Å²) in [6.07, 6.45) is 0.408. The molecule has 0 fully saturated rings. The summed E-state index contributed by atoms with van der Waals surface area (Å²) in [5.74, 6) is 0.131. The van der Waals surface area contributed by atoms with Crippen LogP contribution in [-0.2, 0) is 11.2 Å². The molecule has 0 spiro atoms. The van der Waals surface area contributed by atoms with Gasteiger partial charge in [-0.2, -0.15) is 0 Å². The molecule has 19 heavy (non-hydrogen) atoms. The Labute approximate surface area is 120 Å². The predicted octanol–water partition coefficient (Wildman–Crippen LogP) is 2.72. The van der Waals surface area contributed by atoms with E-state index in [1.807, 2.05) is 36.1 Å². The molecule has 1 aromatic rings. The molecular formula is C15H23ClN2O. The molecule has 0 radical (unpaired) electrons. The van der Waals surface area contributed by atoms with Gasteiger partial charge >= 0.3 is 0 Å². The molecule has 0 aliphatic heterocycles. The molecule has 3 nitrogen and oxygen atoms in total. The molecule has 0 heterocycles. The first kappa shape index (κ1) is 16.0. The molecule has 0 aliphatic carbocycles. The minimum Gasteiger partial charge on any atom is -0.342 e. The van der Waals surface area contributed by atoms with Crippen molar-refractivity contribution < 1.29 is 4.79 Å². The van der Waals surface area contributed by atoms with Crippen LogP contribution in [0.1, 0.15) is 26.3 Å². The summed E-state index contributed by atoms with van der Waals surface area (Å²) in [6, 6.07) is 7.40. The van der Waals surface area contributed by atoms with Crippen molar-refractivity contribution in [2.75, 3.05) is 19.6 Å². The third-order valence-corrected chi connectivity index (χ3v) is 3.43. The molecule has 0 saturated heterocycles. The van der Waals surface area contributed by atoms with E-state index in [0.717, 1.165) is 5.56 Å². The molecule has 106 valence electrons. The van der Waals surface area contributed by atoms with Crippen molar-refractivity contribution in [2.24, 2.45) is 11.1 Å². The summed E-state index contributed by atoms with van der Waals surface area (Å²) in [7, 11) is 0. The highest BCUT2D eigenvalue weighted by Crippen LogP contribution is 2.16. The lowest BCUT2D eigenvalue weighted by Crippen LogP contribution is -2.42. The van der Waals surface area contributed by atoms with E-state index >= 15 is 0 Å². The van der Waals surface area contributed by atoms with Gasteiger partial charge in [-0.05, 0) is 36.6 Å². The fourth-order valence-electron chi connectivity index (χ4n) is 1.85. The maximum absolute atomic E-state index is 12.3. The molecule has 1 aromatic carbocycles. The zero-order valence-corrected chi connectivity index (χ0v) is 12.7. The van der Waals surface area contributed by atoms with E-state index < -0.39 is 0 Å². The number of nitrogens with zero attached hydrogens (tertiary/aromatic N) is 1. The molecule has 0 saturated carbocycles. The number of amides is 1. The molecule has 1 amide bonds. The van der Waals surface area contributed by atoms with E-state index in [1.54, 1.807) is 0 Å². The summed E-state index contributed by atoms with van der Waals surface area (Å²) in [5, 5.41) is 0.688. The van der Waals surface area contributed by atoms with E-state index in [-0.39, 0.29) is 11.3 Å². The van der Waals surface area contributed by atoms with Gasteiger partial charge in [0.15, 0.2) is 0 Å². The van der Waals surface area contributed by atoms with Crippen LogP contribution in [-0.4, -0.2) is 30.4 Å². The van der Waals surface area contributed by atoms with Crippen molar-refractivity contribution >= 4 is 17.5 Å². The molecule has 0 bridgehead atoms. The minimum absolute atomic E-state index is 0.0499. The lowest BCUT2D eigenvalue weighted by molar-refractivity contribution is -0.131. The van der Waals surface area contributed by atoms with Crippen LogP contribution in [0.4, 0.5) is 0 Å². The maximum atomic E-state index is 12.3. The Morgan fingerprint density at radius 3 is 2.37 bits per heavy atom. The molecule has 0 atom stereocenters. The van der Waals surface area contributed by atoms with Crippen LogP contribution in [0.2, 0.25) is 5.02 Å². The van der Waals surface area contributed by atoms with Gasteiger partial charge in [0.2, 0.25) is 5.91 Å². The molecule has 2 N–H and O–H groups in total. The van der Waals surface area contributed by atoms with Crippen molar-refractivity contribution in [3.05, 3.63) is 34.9 Å². The van der Waals surface area contributed by atoms with E-state index in [1.165, 1.54) is 0 Å². The van der Waals surface area contributed by atoms with Gasteiger partial charge < -0.3 is 10.6 Å². The van der Waals surface area contributed by atoms with Crippen LogP contribution in [0.25, 0.3) is 0 Å². The zero-order valence-electron chi connectivity index (χ0n) is 11.9. The highest BCUT2D eigenvalue weighted by atomic mass is 35.5. The number of hydrogen-bond acceptors (Lipinski definition) is 2. The Hall–Kier alpha value is -1.06. The monoisotopic (exact) mass is 282 g/mol. The normalized spacial score (nSPS) is 11.4. The van der Waals surface area contributed by atoms with Crippen LogP contribution in [0, 0.1) is 5.41 Å². The molecule has 4 heteroatoms. The number of halogens is 1. The van der Waals surface area contributed by atoms with Gasteiger partial charge in [0.05, 0.1) is 6.42 Å². The third kappa shape index (κ3) is 5.21. The molecule has 1 rings (SSSR count). The summed E-state index contributed by atoms with van der Waals surface area (Å²) in [5.41, 5.74) is 6.66. The summed E-state index contributed by atoms with van der Waals surface area (Å²) in [4.78, 5) is 14.1. The lowest BCUT2D eigenvalue weighted by atomic mass is 9.93. The van der Waals surface area contributed by atoms with Gasteiger partial charge in [0.25, 0.3) is 0 Å². The Morgan fingerprint density at radius 1 is 1.32 bits per heavy atom. The second kappa shape index (κ2) is 6.92. The van der Waals surface area contributed by atoms with Crippen LogP contribution in [0.15, 0.2) is 24.3 Å². The van der Waals surface area contributed by atoms with Gasteiger partial charge in [-0.15, -0.1) is 0 Å². The van der Waals surface area contributed by atoms with Gasteiger partial charge in [-0.1, -0.05) is 37.6 Å². The van der Waals surface area contributed by atoms with Crippen molar-refractivity contribution in [2.45, 2.75) is 27.2 Å². The maximum Gasteiger partial charge on any atom is 0.226 e. The number of carbonyl (C=O) groups is 1. The second-order valence-corrected chi connectivity index (χ2v) is 6.02. The van der Waals surface area contributed by atoms with E-state index in [4.69, 9.17) is 17.3 Å². The van der Waals surface area contributed by atoms with Crippen LogP contribution in [0.5, 0.6) is 0 Å². The van der Waals surface area contributed by atoms with Crippen LogP contribution < -0.4 is 5.73 Å². The number of hydrogen-bond donors (Lipinski definition) is 1. The van der Waals surface area contributed by atoms with Crippen LogP contribution >= 0.6 is 11.6 Å². The molecule has 0 unspecified atom stereocenters. The lowest BCUT2D eigenvalue weighted by Gasteiger charge is -2.31. The summed E-state index contributed by atoms with van der Waals surface area (Å²) >= 11 is 5.83. The first-order valence-corrected chi connectivity index (χ1v) is 6.98. The van der Waals surface area contributed by atoms with E-state index in [2.05, 4.69) is 13.8 Å². The first-order valence-electron chi connectivity index (χ1n) is 6.60. The SMILES string of the molecule is CCN(CC(C)(C)CN)C(=O)Cc1ccc(Cl)cc1. The largest absolute Gasteiger partial charge is 0.342 e. The van der Waals surface area contributed by atoms with E-state index in [0.29, 0.717) is 31.1 Å². The number of rotatable bonds is 6.